The fourth-order valence-corrected chi connectivity index (χ4v) is 12.6. The van der Waals surface area contributed by atoms with Crippen LogP contribution in [0.25, 0.3) is 91.6 Å². The average molecular weight is 915 g/mol. The topological polar surface area (TPSA) is 37.9 Å². The van der Waals surface area contributed by atoms with E-state index in [0.717, 1.165) is 69.3 Å². The van der Waals surface area contributed by atoms with Gasteiger partial charge in [0.25, 0.3) is 0 Å². The van der Waals surface area contributed by atoms with E-state index in [1.807, 2.05) is 11.3 Å². The minimum Gasteiger partial charge on any atom is -0.456 e. The van der Waals surface area contributed by atoms with Crippen LogP contribution < -0.4 is 0 Å². The van der Waals surface area contributed by atoms with Crippen molar-refractivity contribution in [3.63, 3.8) is 0 Å². The van der Waals surface area contributed by atoms with Crippen molar-refractivity contribution < 1.29 is 4.42 Å². The molecule has 70 heavy (non-hydrogen) atoms. The number of hydrogen-bond acceptors (Lipinski definition) is 4. The van der Waals surface area contributed by atoms with Crippen molar-refractivity contribution in [2.45, 2.75) is 32.1 Å². The lowest BCUT2D eigenvalue weighted by molar-refractivity contribution is 0.665. The number of aryl methyl sites for hydroxylation is 1. The first-order chi connectivity index (χ1) is 34.6. The Labute approximate surface area is 410 Å². The molecule has 3 heterocycles. The highest BCUT2D eigenvalue weighted by atomic mass is 32.1. The number of hydrogen-bond donors (Lipinski definition) is 0. The van der Waals surface area contributed by atoms with Crippen molar-refractivity contribution in [3.05, 3.63) is 246 Å². The summed E-state index contributed by atoms with van der Waals surface area (Å²) < 4.78 is 9.48. The highest BCUT2D eigenvalue weighted by molar-refractivity contribution is 7.25. The van der Waals surface area contributed by atoms with E-state index < -0.39 is 0 Å². The SMILES string of the molecule is CC1C/C=C(\c2ccc(-c3ccccc3)cc2)N=C(c2ccc3sc4ccccc4c3c2)N=C1c1cc(C2CCc3cc4ccccc4cc3-c3ccc4ccccc4c32)cc2oc3ccccc3c12. The molecule has 1 aliphatic carbocycles. The van der Waals surface area contributed by atoms with Gasteiger partial charge in [0, 0.05) is 53.9 Å². The molecule has 0 saturated carbocycles. The van der Waals surface area contributed by atoms with Crippen LogP contribution in [0.15, 0.2) is 227 Å². The van der Waals surface area contributed by atoms with Gasteiger partial charge in [-0.25, -0.2) is 9.98 Å². The molecule has 0 bridgehead atoms. The fraction of sp³-hybridized carbons (Fsp3) is 0.0909. The van der Waals surface area contributed by atoms with Crippen molar-refractivity contribution in [1.29, 1.82) is 0 Å². The van der Waals surface area contributed by atoms with E-state index in [-0.39, 0.29) is 11.8 Å². The number of benzene rings is 10. The molecule has 1 aliphatic heterocycles. The maximum atomic E-state index is 6.94. The van der Waals surface area contributed by atoms with E-state index in [9.17, 15) is 0 Å². The third-order valence-corrected chi connectivity index (χ3v) is 16.1. The second kappa shape index (κ2) is 16.5. The van der Waals surface area contributed by atoms with E-state index >= 15 is 0 Å². The molecule has 0 N–H and O–H groups in total. The Kier molecular flexibility index (Phi) is 9.63. The second-order valence-electron chi connectivity index (χ2n) is 19.1. The van der Waals surface area contributed by atoms with Crippen molar-refractivity contribution in [3.8, 4) is 22.3 Å². The van der Waals surface area contributed by atoms with E-state index in [1.54, 1.807) is 0 Å². The van der Waals surface area contributed by atoms with Crippen LogP contribution in [-0.4, -0.2) is 11.5 Å². The highest BCUT2D eigenvalue weighted by Gasteiger charge is 2.30. The summed E-state index contributed by atoms with van der Waals surface area (Å²) >= 11 is 1.83. The predicted octanol–water partition coefficient (Wildman–Crippen LogP) is 18.0. The van der Waals surface area contributed by atoms with E-state index in [0.29, 0.717) is 5.84 Å². The van der Waals surface area contributed by atoms with Gasteiger partial charge in [-0.15, -0.1) is 11.3 Å². The summed E-state index contributed by atoms with van der Waals surface area (Å²) in [4.78, 5) is 11.5. The van der Waals surface area contributed by atoms with Crippen molar-refractivity contribution >= 4 is 92.2 Å². The summed E-state index contributed by atoms with van der Waals surface area (Å²) in [5.74, 6) is 0.836. The summed E-state index contributed by atoms with van der Waals surface area (Å²) in [7, 11) is 0. The number of amidine groups is 1. The van der Waals surface area contributed by atoms with Gasteiger partial charge in [-0.1, -0.05) is 171 Å². The zero-order valence-corrected chi connectivity index (χ0v) is 39.5. The molecule has 0 spiro atoms. The number of aliphatic imine (C=N–C) groups is 2. The van der Waals surface area contributed by atoms with Gasteiger partial charge in [-0.2, -0.15) is 0 Å². The molecule has 0 amide bonds. The molecular weight excluding hydrogens is 869 g/mol. The van der Waals surface area contributed by atoms with Crippen molar-refractivity contribution in [1.82, 2.24) is 0 Å². The summed E-state index contributed by atoms with van der Waals surface area (Å²) in [6.07, 6.45) is 5.00. The van der Waals surface area contributed by atoms with Crippen molar-refractivity contribution in [2.75, 3.05) is 0 Å². The normalized spacial score (nSPS) is 16.9. The van der Waals surface area contributed by atoms with E-state index in [2.05, 4.69) is 219 Å². The highest BCUT2D eigenvalue weighted by Crippen LogP contribution is 2.48. The zero-order chi connectivity index (χ0) is 46.3. The first-order valence-electron chi connectivity index (χ1n) is 24.5. The summed E-state index contributed by atoms with van der Waals surface area (Å²) in [6.45, 7) is 2.33. The van der Waals surface area contributed by atoms with Gasteiger partial charge >= 0.3 is 0 Å². The first-order valence-corrected chi connectivity index (χ1v) is 25.3. The Morgan fingerprint density at radius 3 is 2.03 bits per heavy atom. The summed E-state index contributed by atoms with van der Waals surface area (Å²) in [5, 5.41) is 9.80. The molecule has 14 rings (SSSR count). The Morgan fingerprint density at radius 1 is 0.486 bits per heavy atom. The fourth-order valence-electron chi connectivity index (χ4n) is 11.5. The molecule has 0 radical (unpaired) electrons. The summed E-state index contributed by atoms with van der Waals surface area (Å²) in [6, 6.07) is 75.5. The standard InChI is InChI=1S/C66H46N2OS/c1-40-23-33-58(44-26-24-42(25-27-44)41-13-3-2-4-14-41)67-66(48-30-34-62-56(37-48)52-19-10-12-22-61(52)70-62)68-65(40)57-38-49(39-60-64(57)54-20-9-11-21-59(54)69-60)51-31-29-47-35-45-16-5-6-17-46(45)36-55(47)53-32-28-43-15-7-8-18-50(43)63(51)53/h2-22,24-28,30,32-40,51H,23,29,31H2,1H3/b58-33+,67-66?,68-65?. The lowest BCUT2D eigenvalue weighted by Gasteiger charge is -2.24. The Hall–Kier alpha value is -8.18. The summed E-state index contributed by atoms with van der Waals surface area (Å²) in [5.41, 5.74) is 15.9. The monoisotopic (exact) mass is 914 g/mol. The van der Waals surface area contributed by atoms with Crippen LogP contribution in [0.2, 0.25) is 0 Å². The number of thiophene rings is 1. The van der Waals surface area contributed by atoms with E-state index in [4.69, 9.17) is 14.4 Å². The van der Waals surface area contributed by atoms with Gasteiger partial charge in [0.05, 0.1) is 11.4 Å². The third kappa shape index (κ3) is 6.85. The third-order valence-electron chi connectivity index (χ3n) is 15.0. The van der Waals surface area contributed by atoms with Gasteiger partial charge < -0.3 is 4.42 Å². The van der Waals surface area contributed by atoms with Gasteiger partial charge in [0.2, 0.25) is 0 Å². The molecular formula is C66H46N2OS. The van der Waals surface area contributed by atoms with Crippen LogP contribution >= 0.6 is 11.3 Å². The molecule has 12 aromatic rings. The van der Waals surface area contributed by atoms with E-state index in [1.165, 1.54) is 80.7 Å². The van der Waals surface area contributed by atoms with Crippen LogP contribution in [0.3, 0.4) is 0 Å². The second-order valence-corrected chi connectivity index (χ2v) is 20.2. The average Bonchev–Trinajstić information content (AvgIpc) is 3.93. The largest absolute Gasteiger partial charge is 0.456 e. The maximum Gasteiger partial charge on any atom is 0.160 e. The molecule has 10 aromatic carbocycles. The Balaban J connectivity index is 0.990. The number of allylic oxidation sites excluding steroid dienone is 1. The molecule has 2 aliphatic rings. The lowest BCUT2D eigenvalue weighted by atomic mass is 9.80. The van der Waals surface area contributed by atoms with Gasteiger partial charge in [0.1, 0.15) is 11.2 Å². The number of nitrogens with zero attached hydrogens (tertiary/aromatic N) is 2. The minimum atomic E-state index is 0.0425. The maximum absolute atomic E-state index is 6.94. The number of para-hydroxylation sites is 1. The van der Waals surface area contributed by atoms with Crippen LogP contribution in [0.4, 0.5) is 0 Å². The Morgan fingerprint density at radius 2 is 1.17 bits per heavy atom. The molecule has 2 unspecified atom stereocenters. The van der Waals surface area contributed by atoms with Crippen LogP contribution in [0.1, 0.15) is 59.1 Å². The molecule has 332 valence electrons. The smallest absolute Gasteiger partial charge is 0.160 e. The minimum absolute atomic E-state index is 0.0425. The molecule has 2 atom stereocenters. The van der Waals surface area contributed by atoms with Crippen molar-refractivity contribution in [2.24, 2.45) is 15.9 Å². The molecule has 4 heteroatoms. The lowest BCUT2D eigenvalue weighted by Crippen LogP contribution is -2.18. The molecule has 2 aromatic heterocycles. The van der Waals surface area contributed by atoms with Crippen LogP contribution in [-0.2, 0) is 6.42 Å². The Bertz CT molecular complexity index is 4170. The van der Waals surface area contributed by atoms with Gasteiger partial charge in [-0.3, -0.25) is 0 Å². The number of fused-ring (bicyclic) bond motifs is 12. The van der Waals surface area contributed by atoms with Gasteiger partial charge in [-0.05, 0) is 134 Å². The van der Waals surface area contributed by atoms with Crippen LogP contribution in [0.5, 0.6) is 0 Å². The quantitative estimate of drug-likeness (QED) is 0.169. The molecule has 0 fully saturated rings. The van der Waals surface area contributed by atoms with Gasteiger partial charge in [0.15, 0.2) is 5.84 Å². The number of furan rings is 1. The predicted molar refractivity (Wildman–Crippen MR) is 297 cm³/mol. The van der Waals surface area contributed by atoms with Crippen LogP contribution in [0, 0.1) is 5.92 Å². The number of rotatable bonds is 5. The molecule has 0 saturated heterocycles. The first kappa shape index (κ1) is 40.8. The zero-order valence-electron chi connectivity index (χ0n) is 38.7. The molecule has 3 nitrogen and oxygen atoms in total.